The van der Waals surface area contributed by atoms with Crippen LogP contribution in [0.5, 0.6) is 0 Å². The van der Waals surface area contributed by atoms with Crippen molar-refractivity contribution in [2.24, 2.45) is 0 Å². The van der Waals surface area contributed by atoms with Gasteiger partial charge in [-0.1, -0.05) is 6.07 Å². The zero-order valence-corrected chi connectivity index (χ0v) is 13.2. The Labute approximate surface area is 133 Å². The third kappa shape index (κ3) is 4.83. The van der Waals surface area contributed by atoms with E-state index in [0.717, 1.165) is 29.8 Å². The number of hydrogen-bond acceptors (Lipinski definition) is 4. The van der Waals surface area contributed by atoms with Gasteiger partial charge in [0.25, 0.3) is 0 Å². The molecule has 0 aliphatic carbocycles. The molecule has 1 atom stereocenters. The zero-order valence-electron chi connectivity index (χ0n) is 12.4. The number of aromatic nitrogens is 1. The lowest BCUT2D eigenvalue weighted by Gasteiger charge is -2.14. The highest BCUT2D eigenvalue weighted by molar-refractivity contribution is 7.89. The van der Waals surface area contributed by atoms with E-state index in [0.29, 0.717) is 0 Å². The lowest BCUT2D eigenvalue weighted by Crippen LogP contribution is -2.44. The van der Waals surface area contributed by atoms with Gasteiger partial charge >= 0.3 is 0 Å². The summed E-state index contributed by atoms with van der Waals surface area (Å²) in [6.45, 7) is 1.68. The van der Waals surface area contributed by atoms with Crippen LogP contribution in [0.2, 0.25) is 0 Å². The number of benzene rings is 1. The minimum absolute atomic E-state index is 0.106. The minimum Gasteiger partial charge on any atom is -0.351 e. The van der Waals surface area contributed by atoms with Gasteiger partial charge in [0, 0.05) is 18.9 Å². The van der Waals surface area contributed by atoms with Crippen molar-refractivity contribution in [2.75, 3.05) is 0 Å². The van der Waals surface area contributed by atoms with Crippen molar-refractivity contribution in [1.29, 1.82) is 0 Å². The van der Waals surface area contributed by atoms with Gasteiger partial charge in [-0.05, 0) is 42.8 Å². The molecule has 0 unspecified atom stereocenters. The van der Waals surface area contributed by atoms with E-state index in [1.807, 2.05) is 0 Å². The number of nitrogens with one attached hydrogen (secondary N) is 2. The number of carbonyl (C=O) groups is 1. The first kappa shape index (κ1) is 17.0. The lowest BCUT2D eigenvalue weighted by molar-refractivity contribution is -0.122. The first-order valence-electron chi connectivity index (χ1n) is 6.83. The number of nitrogens with zero attached hydrogens (tertiary/aromatic N) is 1. The number of carbonyl (C=O) groups excluding carboxylic acids is 1. The fourth-order valence-corrected chi connectivity index (χ4v) is 3.02. The van der Waals surface area contributed by atoms with Crippen molar-refractivity contribution in [3.05, 3.63) is 60.2 Å². The fourth-order valence-electron chi connectivity index (χ4n) is 1.81. The molecule has 8 heteroatoms. The minimum atomic E-state index is -3.89. The van der Waals surface area contributed by atoms with E-state index in [1.165, 1.54) is 6.92 Å². The van der Waals surface area contributed by atoms with Gasteiger partial charge in [0.15, 0.2) is 0 Å². The fraction of sp³-hybridized carbons (Fsp3) is 0.200. The van der Waals surface area contributed by atoms with Crippen LogP contribution in [-0.2, 0) is 21.4 Å². The highest BCUT2D eigenvalue weighted by atomic mass is 32.2. The van der Waals surface area contributed by atoms with E-state index in [9.17, 15) is 17.6 Å². The molecule has 1 aromatic heterocycles. The molecule has 2 rings (SSSR count). The Morgan fingerprint density at radius 1 is 1.26 bits per heavy atom. The molecule has 0 saturated carbocycles. The van der Waals surface area contributed by atoms with Crippen LogP contribution in [0.3, 0.4) is 0 Å². The van der Waals surface area contributed by atoms with Gasteiger partial charge in [-0.25, -0.2) is 12.8 Å². The van der Waals surface area contributed by atoms with Gasteiger partial charge in [-0.15, -0.1) is 0 Å². The second-order valence-electron chi connectivity index (χ2n) is 4.88. The molecule has 2 aromatic rings. The van der Waals surface area contributed by atoms with Crippen LogP contribution in [0.4, 0.5) is 4.39 Å². The van der Waals surface area contributed by atoms with E-state index >= 15 is 0 Å². The summed E-state index contributed by atoms with van der Waals surface area (Å²) in [7, 11) is -3.89. The SMILES string of the molecule is C[C@H](NS(=O)(=O)c1ccc(F)cc1)C(=O)NCc1cccnc1. The van der Waals surface area contributed by atoms with E-state index in [-0.39, 0.29) is 11.4 Å². The van der Waals surface area contributed by atoms with Crippen molar-refractivity contribution in [3.8, 4) is 0 Å². The third-order valence-electron chi connectivity index (χ3n) is 3.04. The van der Waals surface area contributed by atoms with Crippen LogP contribution < -0.4 is 10.0 Å². The molecule has 1 amide bonds. The molecule has 0 saturated heterocycles. The Morgan fingerprint density at radius 3 is 2.57 bits per heavy atom. The Kier molecular flexibility index (Phi) is 5.41. The smallest absolute Gasteiger partial charge is 0.241 e. The molecule has 122 valence electrons. The van der Waals surface area contributed by atoms with E-state index < -0.39 is 27.8 Å². The van der Waals surface area contributed by atoms with Gasteiger partial charge in [-0.2, -0.15) is 4.72 Å². The molecule has 0 spiro atoms. The predicted molar refractivity (Wildman–Crippen MR) is 82.3 cm³/mol. The summed E-state index contributed by atoms with van der Waals surface area (Å²) in [5.74, 6) is -1.01. The maximum Gasteiger partial charge on any atom is 0.241 e. The summed E-state index contributed by atoms with van der Waals surface area (Å²) in [6, 6.07) is 6.92. The summed E-state index contributed by atoms with van der Waals surface area (Å²) in [4.78, 5) is 15.8. The molecule has 0 aliphatic rings. The van der Waals surface area contributed by atoms with Crippen LogP contribution in [0.25, 0.3) is 0 Å². The molecule has 2 N–H and O–H groups in total. The van der Waals surface area contributed by atoms with Crippen LogP contribution >= 0.6 is 0 Å². The standard InChI is InChI=1S/C15H16FN3O3S/c1-11(15(20)18-10-12-3-2-8-17-9-12)19-23(21,22)14-6-4-13(16)5-7-14/h2-9,11,19H,10H2,1H3,(H,18,20)/t11-/m0/s1. The van der Waals surface area contributed by atoms with Crippen molar-refractivity contribution in [2.45, 2.75) is 24.4 Å². The zero-order chi connectivity index (χ0) is 16.9. The number of halogens is 1. The number of hydrogen-bond donors (Lipinski definition) is 2. The number of rotatable bonds is 6. The monoisotopic (exact) mass is 337 g/mol. The first-order valence-corrected chi connectivity index (χ1v) is 8.31. The summed E-state index contributed by atoms with van der Waals surface area (Å²) in [5.41, 5.74) is 0.800. The summed E-state index contributed by atoms with van der Waals surface area (Å²) in [6.07, 6.45) is 3.22. The molecule has 23 heavy (non-hydrogen) atoms. The highest BCUT2D eigenvalue weighted by Crippen LogP contribution is 2.10. The van der Waals surface area contributed by atoms with Crippen molar-refractivity contribution in [3.63, 3.8) is 0 Å². The second-order valence-corrected chi connectivity index (χ2v) is 6.59. The van der Waals surface area contributed by atoms with Gasteiger partial charge in [0.1, 0.15) is 5.82 Å². The van der Waals surface area contributed by atoms with Crippen LogP contribution in [0.1, 0.15) is 12.5 Å². The van der Waals surface area contributed by atoms with Crippen LogP contribution in [0.15, 0.2) is 53.7 Å². The van der Waals surface area contributed by atoms with Gasteiger partial charge in [-0.3, -0.25) is 9.78 Å². The summed E-state index contributed by atoms with van der Waals surface area (Å²) >= 11 is 0. The topological polar surface area (TPSA) is 88.2 Å². The molecule has 0 radical (unpaired) electrons. The van der Waals surface area contributed by atoms with Crippen molar-refractivity contribution in [1.82, 2.24) is 15.0 Å². The first-order chi connectivity index (χ1) is 10.9. The van der Waals surface area contributed by atoms with Crippen LogP contribution in [-0.4, -0.2) is 25.4 Å². The Morgan fingerprint density at radius 2 is 1.96 bits per heavy atom. The average Bonchev–Trinajstić information content (AvgIpc) is 2.53. The average molecular weight is 337 g/mol. The molecule has 1 heterocycles. The quantitative estimate of drug-likeness (QED) is 0.829. The molecule has 0 aliphatic heterocycles. The Hall–Kier alpha value is -2.32. The molecular weight excluding hydrogens is 321 g/mol. The highest BCUT2D eigenvalue weighted by Gasteiger charge is 2.21. The van der Waals surface area contributed by atoms with Gasteiger partial charge in [0.05, 0.1) is 10.9 Å². The second kappa shape index (κ2) is 7.30. The van der Waals surface area contributed by atoms with Gasteiger partial charge in [0.2, 0.25) is 15.9 Å². The molecule has 0 fully saturated rings. The van der Waals surface area contributed by atoms with Crippen LogP contribution in [0, 0.1) is 5.82 Å². The molecule has 0 bridgehead atoms. The Bertz CT molecular complexity index is 764. The van der Waals surface area contributed by atoms with Crippen molar-refractivity contribution >= 4 is 15.9 Å². The number of sulfonamides is 1. The lowest BCUT2D eigenvalue weighted by atomic mass is 10.2. The maximum absolute atomic E-state index is 12.8. The van der Waals surface area contributed by atoms with E-state index in [4.69, 9.17) is 0 Å². The van der Waals surface area contributed by atoms with Crippen molar-refractivity contribution < 1.29 is 17.6 Å². The third-order valence-corrected chi connectivity index (χ3v) is 4.60. The molecular formula is C15H16FN3O3S. The van der Waals surface area contributed by atoms with Gasteiger partial charge < -0.3 is 5.32 Å². The van der Waals surface area contributed by atoms with E-state index in [2.05, 4.69) is 15.0 Å². The largest absolute Gasteiger partial charge is 0.351 e. The normalized spacial score (nSPS) is 12.6. The number of amides is 1. The Balaban J connectivity index is 1.96. The molecule has 1 aromatic carbocycles. The molecule has 6 nitrogen and oxygen atoms in total. The summed E-state index contributed by atoms with van der Waals surface area (Å²) < 4.78 is 39.3. The summed E-state index contributed by atoms with van der Waals surface area (Å²) in [5, 5.41) is 2.62. The predicted octanol–water partition coefficient (Wildman–Crippen LogP) is 1.20. The number of pyridine rings is 1. The van der Waals surface area contributed by atoms with E-state index in [1.54, 1.807) is 24.5 Å². The maximum atomic E-state index is 12.8.